The quantitative estimate of drug-likeness (QED) is 0.403. The summed E-state index contributed by atoms with van der Waals surface area (Å²) in [6.45, 7) is 3.21. The molecular formula is C4H9ClNO. The van der Waals surface area contributed by atoms with Crippen molar-refractivity contribution < 1.29 is 5.11 Å². The number of hydrogen-bond donors (Lipinski definition) is 2. The molecule has 1 atom stereocenters. The normalized spacial score (nSPS) is 18.9. The van der Waals surface area contributed by atoms with E-state index in [4.69, 9.17) is 22.4 Å². The Kier molecular flexibility index (Phi) is 2.58. The third kappa shape index (κ3) is 6.21. The summed E-state index contributed by atoms with van der Waals surface area (Å²) in [6.07, 6.45) is 0.328. The molecule has 0 aliphatic rings. The highest BCUT2D eigenvalue weighted by Gasteiger charge is 2.10. The topological polar surface area (TPSA) is 46.2 Å². The van der Waals surface area contributed by atoms with E-state index in [0.29, 0.717) is 12.3 Å². The molecule has 0 aliphatic carbocycles. The molecule has 0 aromatic rings. The van der Waals surface area contributed by atoms with Crippen LogP contribution in [0.3, 0.4) is 0 Å². The van der Waals surface area contributed by atoms with Gasteiger partial charge >= 0.3 is 0 Å². The molecule has 43 valence electrons. The van der Waals surface area contributed by atoms with Gasteiger partial charge in [-0.25, -0.2) is 0 Å². The summed E-state index contributed by atoms with van der Waals surface area (Å²) < 4.78 is 0. The summed E-state index contributed by atoms with van der Waals surface area (Å²) in [6, 6.07) is 0. The van der Waals surface area contributed by atoms with Gasteiger partial charge in [-0.3, -0.25) is 0 Å². The van der Waals surface area contributed by atoms with Crippen molar-refractivity contribution in [2.24, 2.45) is 5.73 Å². The third-order valence-electron chi connectivity index (χ3n) is 0.527. The minimum atomic E-state index is -1.33. The molecular weight excluding hydrogens is 114 g/mol. The highest BCUT2D eigenvalue weighted by molar-refractivity contribution is 6.17. The summed E-state index contributed by atoms with van der Waals surface area (Å²) >= 11 is 5.21. The molecule has 0 aromatic carbocycles. The van der Waals surface area contributed by atoms with Crippen molar-refractivity contribution in [3.05, 3.63) is 6.92 Å². The Labute approximate surface area is 48.3 Å². The molecule has 3 heteroatoms. The summed E-state index contributed by atoms with van der Waals surface area (Å²) in [5.41, 5.74) is 3.67. The van der Waals surface area contributed by atoms with E-state index in [1.165, 1.54) is 0 Å². The zero-order valence-corrected chi connectivity index (χ0v) is 4.78. The van der Waals surface area contributed by atoms with Gasteiger partial charge in [-0.15, -0.1) is 11.6 Å². The predicted molar refractivity (Wildman–Crippen MR) is 29.8 cm³/mol. The lowest BCUT2D eigenvalue weighted by Gasteiger charge is -2.13. The van der Waals surface area contributed by atoms with Crippen LogP contribution in [0.2, 0.25) is 0 Å². The van der Waals surface area contributed by atoms with Crippen LogP contribution < -0.4 is 5.73 Å². The lowest BCUT2D eigenvalue weighted by atomic mass is 10.2. The second-order valence-electron chi connectivity index (χ2n) is 1.54. The van der Waals surface area contributed by atoms with Crippen LogP contribution in [-0.2, 0) is 0 Å². The van der Waals surface area contributed by atoms with Crippen molar-refractivity contribution in [1.29, 1.82) is 0 Å². The molecule has 0 bridgehead atoms. The number of halogens is 1. The summed E-state index contributed by atoms with van der Waals surface area (Å²) in [5.74, 6) is 0.344. The number of rotatable bonds is 2. The van der Waals surface area contributed by atoms with E-state index < -0.39 is 5.72 Å². The molecule has 0 heterocycles. The largest absolute Gasteiger partial charge is 0.376 e. The van der Waals surface area contributed by atoms with Crippen molar-refractivity contribution in [2.75, 3.05) is 5.88 Å². The number of alkyl halides is 1. The van der Waals surface area contributed by atoms with Crippen LogP contribution in [0.15, 0.2) is 0 Å². The first-order valence-electron chi connectivity index (χ1n) is 1.99. The molecule has 1 radical (unpaired) electrons. The fourth-order valence-corrected chi connectivity index (χ4v) is 0.491. The molecule has 7 heavy (non-hydrogen) atoms. The van der Waals surface area contributed by atoms with Gasteiger partial charge in [0.2, 0.25) is 0 Å². The average molecular weight is 123 g/mol. The van der Waals surface area contributed by atoms with Crippen molar-refractivity contribution in [3.8, 4) is 0 Å². The molecule has 0 spiro atoms. The van der Waals surface area contributed by atoms with Gasteiger partial charge < -0.3 is 10.8 Å². The van der Waals surface area contributed by atoms with E-state index in [1.807, 2.05) is 0 Å². The maximum atomic E-state index is 8.60. The first-order valence-corrected chi connectivity index (χ1v) is 2.52. The van der Waals surface area contributed by atoms with E-state index in [1.54, 1.807) is 0 Å². The van der Waals surface area contributed by atoms with Gasteiger partial charge in [0.05, 0.1) is 0 Å². The first-order chi connectivity index (χ1) is 3.06. The summed E-state index contributed by atoms with van der Waals surface area (Å²) in [4.78, 5) is 0. The second-order valence-corrected chi connectivity index (χ2v) is 1.92. The molecule has 0 amide bonds. The number of aliphatic hydroxyl groups is 1. The fourth-order valence-electron chi connectivity index (χ4n) is 0.164. The smallest absolute Gasteiger partial charge is 0.114 e. The van der Waals surface area contributed by atoms with Gasteiger partial charge in [-0.2, -0.15) is 0 Å². The van der Waals surface area contributed by atoms with Gasteiger partial charge in [-0.1, -0.05) is 0 Å². The van der Waals surface area contributed by atoms with Gasteiger partial charge in [0.15, 0.2) is 0 Å². The van der Waals surface area contributed by atoms with Crippen LogP contribution in [0.25, 0.3) is 0 Å². The summed E-state index contributed by atoms with van der Waals surface area (Å²) in [5, 5.41) is 8.60. The van der Waals surface area contributed by atoms with E-state index in [-0.39, 0.29) is 0 Å². The van der Waals surface area contributed by atoms with Gasteiger partial charge in [0, 0.05) is 12.3 Å². The van der Waals surface area contributed by atoms with E-state index in [0.717, 1.165) is 0 Å². The average Bonchev–Trinajstić information content (AvgIpc) is 1.30. The molecule has 0 aliphatic heterocycles. The van der Waals surface area contributed by atoms with Crippen LogP contribution in [0.4, 0.5) is 0 Å². The lowest BCUT2D eigenvalue weighted by Crippen LogP contribution is -2.36. The van der Waals surface area contributed by atoms with Gasteiger partial charge in [0.1, 0.15) is 5.72 Å². The highest BCUT2D eigenvalue weighted by Crippen LogP contribution is 1.98. The Bertz CT molecular complexity index is 50.1. The van der Waals surface area contributed by atoms with E-state index in [2.05, 4.69) is 6.92 Å². The molecule has 1 unspecified atom stereocenters. The predicted octanol–water partition coefficient (Wildman–Crippen LogP) is 0.0967. The molecule has 0 fully saturated rings. The fraction of sp³-hybridized carbons (Fsp3) is 0.750. The van der Waals surface area contributed by atoms with Crippen LogP contribution in [0.5, 0.6) is 0 Å². The second kappa shape index (κ2) is 2.50. The van der Waals surface area contributed by atoms with Crippen LogP contribution in [0.1, 0.15) is 6.42 Å². The number of hydrogen-bond acceptors (Lipinski definition) is 2. The van der Waals surface area contributed by atoms with Gasteiger partial charge in [-0.05, 0) is 6.92 Å². The Hall–Kier alpha value is 0.210. The monoisotopic (exact) mass is 122 g/mol. The van der Waals surface area contributed by atoms with Crippen molar-refractivity contribution in [3.63, 3.8) is 0 Å². The standard InChI is InChI=1S/C4H9ClNO/c1-4(6,7)2-3-5/h7H,1-3,6H2. The Balaban J connectivity index is 3.15. The van der Waals surface area contributed by atoms with Crippen molar-refractivity contribution >= 4 is 11.6 Å². The van der Waals surface area contributed by atoms with Crippen LogP contribution in [0, 0.1) is 6.92 Å². The maximum Gasteiger partial charge on any atom is 0.114 e. The Morgan fingerprint density at radius 1 is 1.86 bits per heavy atom. The molecule has 0 saturated carbocycles. The molecule has 0 saturated heterocycles. The minimum absolute atomic E-state index is 0.328. The van der Waals surface area contributed by atoms with Gasteiger partial charge in [0.25, 0.3) is 0 Å². The van der Waals surface area contributed by atoms with Crippen molar-refractivity contribution in [2.45, 2.75) is 12.1 Å². The first kappa shape index (κ1) is 7.21. The zero-order valence-electron chi connectivity index (χ0n) is 4.02. The lowest BCUT2D eigenvalue weighted by molar-refractivity contribution is 0.0922. The number of nitrogens with two attached hydrogens (primary N) is 1. The van der Waals surface area contributed by atoms with Crippen molar-refractivity contribution in [1.82, 2.24) is 0 Å². The Morgan fingerprint density at radius 2 is 2.29 bits per heavy atom. The summed E-state index contributed by atoms with van der Waals surface area (Å²) in [7, 11) is 0. The van der Waals surface area contributed by atoms with Crippen LogP contribution >= 0.6 is 11.6 Å². The molecule has 0 rings (SSSR count). The molecule has 0 aromatic heterocycles. The molecule has 3 N–H and O–H groups in total. The highest BCUT2D eigenvalue weighted by atomic mass is 35.5. The Morgan fingerprint density at radius 3 is 2.29 bits per heavy atom. The van der Waals surface area contributed by atoms with E-state index in [9.17, 15) is 0 Å². The van der Waals surface area contributed by atoms with Crippen LogP contribution in [-0.4, -0.2) is 16.7 Å². The minimum Gasteiger partial charge on any atom is -0.376 e. The van der Waals surface area contributed by atoms with E-state index >= 15 is 0 Å². The third-order valence-corrected chi connectivity index (χ3v) is 0.716. The molecule has 2 nitrogen and oxygen atoms in total. The zero-order chi connectivity index (χ0) is 5.91. The SMILES string of the molecule is [CH2]C(N)(O)CCCl. The maximum absolute atomic E-state index is 8.60.